The number of hydrogen-bond acceptors (Lipinski definition) is 7. The van der Waals surface area contributed by atoms with Crippen molar-refractivity contribution in [2.75, 3.05) is 13.2 Å². The lowest BCUT2D eigenvalue weighted by Crippen LogP contribution is -2.28. The first-order chi connectivity index (χ1) is 9.80. The zero-order valence-corrected chi connectivity index (χ0v) is 13.0. The molecule has 7 atom stereocenters. The standard InChI is InChI=1S/C10H21B2O8P/c11-9-2-6(14)8(19-9)4-17-21(15,16)20-7-1-5(3-13)18-10(7)12/h5-10,13-14H,1-4,11-12H2,(H,15,16)/t5-,6?,7?,8+,9+,10+/m0/s1. The zero-order valence-electron chi connectivity index (χ0n) is 12.1. The largest absolute Gasteiger partial charge is 0.472 e. The molecule has 2 fully saturated rings. The molecule has 2 rings (SSSR count). The second-order valence-electron chi connectivity index (χ2n) is 5.58. The lowest BCUT2D eigenvalue weighted by Gasteiger charge is -2.21. The van der Waals surface area contributed by atoms with E-state index < -0.39 is 38.2 Å². The number of aliphatic hydroxyl groups excluding tert-OH is 2. The lowest BCUT2D eigenvalue weighted by molar-refractivity contribution is -0.0126. The van der Waals surface area contributed by atoms with Crippen molar-refractivity contribution in [3.8, 4) is 0 Å². The summed E-state index contributed by atoms with van der Waals surface area (Å²) in [6, 6.07) is -0.513. The van der Waals surface area contributed by atoms with Crippen LogP contribution in [0.15, 0.2) is 0 Å². The lowest BCUT2D eigenvalue weighted by atomic mass is 9.95. The third kappa shape index (κ3) is 4.77. The van der Waals surface area contributed by atoms with Gasteiger partial charge in [0.05, 0.1) is 37.5 Å². The summed E-state index contributed by atoms with van der Waals surface area (Å²) < 4.78 is 32.6. The molecule has 0 aromatic rings. The Balaban J connectivity index is 1.81. The van der Waals surface area contributed by atoms with Crippen molar-refractivity contribution in [3.05, 3.63) is 0 Å². The zero-order chi connectivity index (χ0) is 15.6. The van der Waals surface area contributed by atoms with Crippen LogP contribution in [0.4, 0.5) is 0 Å². The van der Waals surface area contributed by atoms with Crippen molar-refractivity contribution in [3.63, 3.8) is 0 Å². The normalized spacial score (nSPS) is 43.0. The van der Waals surface area contributed by atoms with Crippen LogP contribution in [0.1, 0.15) is 12.8 Å². The van der Waals surface area contributed by atoms with Gasteiger partial charge in [0, 0.05) is 12.4 Å². The first kappa shape index (κ1) is 17.4. The van der Waals surface area contributed by atoms with Crippen LogP contribution in [-0.2, 0) is 23.1 Å². The van der Waals surface area contributed by atoms with E-state index in [1.54, 1.807) is 7.85 Å². The summed E-state index contributed by atoms with van der Waals surface area (Å²) in [5.74, 6) is 0. The number of aliphatic hydroxyl groups is 2. The fourth-order valence-corrected chi connectivity index (χ4v) is 3.60. The van der Waals surface area contributed by atoms with Crippen molar-refractivity contribution < 1.29 is 38.2 Å². The molecule has 21 heavy (non-hydrogen) atoms. The monoisotopic (exact) mass is 322 g/mol. The van der Waals surface area contributed by atoms with Crippen molar-refractivity contribution in [2.45, 2.75) is 49.3 Å². The third-order valence-corrected chi connectivity index (χ3v) is 4.72. The van der Waals surface area contributed by atoms with Gasteiger partial charge in [-0.2, -0.15) is 0 Å². The maximum Gasteiger partial charge on any atom is 0.472 e. The molecule has 2 saturated heterocycles. The summed E-state index contributed by atoms with van der Waals surface area (Å²) in [5, 5.41) is 18.7. The van der Waals surface area contributed by atoms with Gasteiger partial charge in [-0.05, 0) is 6.42 Å². The maximum absolute atomic E-state index is 11.9. The SMILES string of the molecule is B[C@@H]1O[C@H](CO)CC1OP(=O)(O)OC[C@H]1O[C@@H](B)CC1O. The number of phosphoric acid groups is 1. The van der Waals surface area contributed by atoms with Crippen molar-refractivity contribution >= 4 is 23.5 Å². The van der Waals surface area contributed by atoms with Gasteiger partial charge in [-0.15, -0.1) is 0 Å². The summed E-state index contributed by atoms with van der Waals surface area (Å²) in [4.78, 5) is 9.72. The van der Waals surface area contributed by atoms with Gasteiger partial charge >= 0.3 is 7.82 Å². The molecule has 8 nitrogen and oxygen atoms in total. The quantitative estimate of drug-likeness (QED) is 0.359. The first-order valence-corrected chi connectivity index (χ1v) is 8.56. The van der Waals surface area contributed by atoms with Crippen LogP contribution in [0.5, 0.6) is 0 Å². The summed E-state index contributed by atoms with van der Waals surface area (Å²) in [6.45, 7) is -0.383. The van der Waals surface area contributed by atoms with Gasteiger partial charge in [0.15, 0.2) is 0 Å². The Labute approximate surface area is 125 Å². The highest BCUT2D eigenvalue weighted by molar-refractivity contribution is 7.47. The van der Waals surface area contributed by atoms with E-state index in [9.17, 15) is 14.6 Å². The van der Waals surface area contributed by atoms with Gasteiger partial charge in [-0.3, -0.25) is 9.05 Å². The van der Waals surface area contributed by atoms with E-state index >= 15 is 0 Å². The highest BCUT2D eigenvalue weighted by Gasteiger charge is 2.39. The highest BCUT2D eigenvalue weighted by Crippen LogP contribution is 2.47. The molecule has 11 heteroatoms. The molecule has 2 heterocycles. The maximum atomic E-state index is 11.9. The minimum absolute atomic E-state index is 0.110. The molecule has 0 aromatic carbocycles. The van der Waals surface area contributed by atoms with E-state index in [4.69, 9.17) is 23.6 Å². The first-order valence-electron chi connectivity index (χ1n) is 7.06. The average molecular weight is 322 g/mol. The van der Waals surface area contributed by atoms with Crippen molar-refractivity contribution in [1.29, 1.82) is 0 Å². The Hall–Kier alpha value is 0.0799. The molecule has 2 aliphatic heterocycles. The topological polar surface area (TPSA) is 115 Å². The Morgan fingerprint density at radius 2 is 2.00 bits per heavy atom. The van der Waals surface area contributed by atoms with Gasteiger partial charge in [0.25, 0.3) is 0 Å². The molecule has 0 spiro atoms. The van der Waals surface area contributed by atoms with Gasteiger partial charge in [0.1, 0.15) is 21.8 Å². The Bertz CT molecular complexity index is 399. The van der Waals surface area contributed by atoms with E-state index in [2.05, 4.69) is 0 Å². The van der Waals surface area contributed by atoms with E-state index in [1.165, 1.54) is 0 Å². The van der Waals surface area contributed by atoms with Crippen LogP contribution in [-0.4, -0.2) is 80.4 Å². The number of ether oxygens (including phenoxy) is 2. The van der Waals surface area contributed by atoms with Crippen LogP contribution in [0.3, 0.4) is 0 Å². The molecule has 0 aliphatic carbocycles. The molecule has 0 aromatic heterocycles. The van der Waals surface area contributed by atoms with Gasteiger partial charge < -0.3 is 24.6 Å². The molecule has 0 radical (unpaired) electrons. The third-order valence-electron chi connectivity index (χ3n) is 3.71. The fourth-order valence-electron chi connectivity index (χ4n) is 2.60. The number of phosphoric ester groups is 1. The Morgan fingerprint density at radius 1 is 1.29 bits per heavy atom. The molecule has 0 saturated carbocycles. The summed E-state index contributed by atoms with van der Waals surface area (Å²) >= 11 is 0. The van der Waals surface area contributed by atoms with E-state index in [-0.39, 0.29) is 19.2 Å². The molecule has 2 aliphatic rings. The smallest absolute Gasteiger partial charge is 0.394 e. The van der Waals surface area contributed by atoms with Crippen LogP contribution in [0.25, 0.3) is 0 Å². The number of hydrogen-bond donors (Lipinski definition) is 3. The average Bonchev–Trinajstić information content (AvgIpc) is 2.90. The number of rotatable bonds is 6. The predicted molar refractivity (Wildman–Crippen MR) is 77.4 cm³/mol. The molecular formula is C10H21B2O8P. The van der Waals surface area contributed by atoms with E-state index in [0.717, 1.165) is 0 Å². The second kappa shape index (κ2) is 7.10. The second-order valence-corrected chi connectivity index (χ2v) is 6.98. The fraction of sp³-hybridized carbons (Fsp3) is 1.00. The molecule has 3 N–H and O–H groups in total. The summed E-state index contributed by atoms with van der Waals surface area (Å²) in [6.07, 6.45) is -1.57. The minimum atomic E-state index is -4.27. The van der Waals surface area contributed by atoms with Gasteiger partial charge in [-0.25, -0.2) is 4.57 Å². The highest BCUT2D eigenvalue weighted by atomic mass is 31.2. The van der Waals surface area contributed by atoms with Crippen LogP contribution < -0.4 is 0 Å². The van der Waals surface area contributed by atoms with Crippen LogP contribution in [0, 0.1) is 0 Å². The molecular weight excluding hydrogens is 301 g/mol. The van der Waals surface area contributed by atoms with Crippen LogP contribution in [0.2, 0.25) is 0 Å². The van der Waals surface area contributed by atoms with E-state index in [0.29, 0.717) is 12.8 Å². The Morgan fingerprint density at radius 3 is 2.52 bits per heavy atom. The molecule has 3 unspecified atom stereocenters. The van der Waals surface area contributed by atoms with E-state index in [1.807, 2.05) is 7.85 Å². The van der Waals surface area contributed by atoms with Gasteiger partial charge in [0.2, 0.25) is 0 Å². The molecule has 0 amide bonds. The van der Waals surface area contributed by atoms with Crippen LogP contribution >= 0.6 is 7.82 Å². The summed E-state index contributed by atoms with van der Waals surface area (Å²) in [7, 11) is -0.757. The van der Waals surface area contributed by atoms with Gasteiger partial charge in [-0.1, -0.05) is 0 Å². The molecule has 120 valence electrons. The Kier molecular flexibility index (Phi) is 5.90. The predicted octanol–water partition coefficient (Wildman–Crippen LogP) is -2.66. The minimum Gasteiger partial charge on any atom is -0.394 e. The van der Waals surface area contributed by atoms with Crippen molar-refractivity contribution in [2.24, 2.45) is 0 Å². The van der Waals surface area contributed by atoms with Crippen molar-refractivity contribution in [1.82, 2.24) is 0 Å². The molecule has 0 bridgehead atoms. The summed E-state index contributed by atoms with van der Waals surface area (Å²) in [5.41, 5.74) is 0.